The van der Waals surface area contributed by atoms with Crippen molar-refractivity contribution >= 4 is 10.9 Å². The molecule has 3 aromatic carbocycles. The fourth-order valence-electron chi connectivity index (χ4n) is 2.60. The Hall–Kier alpha value is -3.40. The molecule has 0 saturated heterocycles. The smallest absolute Gasteiger partial charge is 0.347 e. The van der Waals surface area contributed by atoms with Gasteiger partial charge in [0.25, 0.3) is 0 Å². The molecule has 0 saturated carbocycles. The van der Waals surface area contributed by atoms with Gasteiger partial charge < -0.3 is 9.15 Å². The van der Waals surface area contributed by atoms with E-state index in [1.165, 1.54) is 0 Å². The summed E-state index contributed by atoms with van der Waals surface area (Å²) in [7, 11) is 0. The molecule has 4 nitrogen and oxygen atoms in total. The van der Waals surface area contributed by atoms with Crippen LogP contribution in [-0.2, 0) is 0 Å². The topological polar surface area (TPSA) is 52.3 Å². The highest BCUT2D eigenvalue weighted by Crippen LogP contribution is 2.25. The van der Waals surface area contributed by atoms with Crippen molar-refractivity contribution in [1.82, 2.24) is 4.98 Å². The quantitative estimate of drug-likeness (QED) is 0.533. The third kappa shape index (κ3) is 3.15. The van der Waals surface area contributed by atoms with Gasteiger partial charge in [-0.3, -0.25) is 0 Å². The van der Waals surface area contributed by atoms with Crippen LogP contribution in [-0.4, -0.2) is 4.98 Å². The molecule has 0 radical (unpaired) electrons. The molecule has 0 N–H and O–H groups in total. The van der Waals surface area contributed by atoms with E-state index in [2.05, 4.69) is 4.98 Å². The van der Waals surface area contributed by atoms with Crippen LogP contribution in [0.5, 0.6) is 11.5 Å². The SMILES string of the molecule is Cc1ccc2c(=O)oc(-c3ccc(Oc4ccccc4)cc3)nc2c1. The van der Waals surface area contributed by atoms with Gasteiger partial charge in [0.05, 0.1) is 10.9 Å². The Morgan fingerprint density at radius 2 is 1.60 bits per heavy atom. The molecule has 4 rings (SSSR count). The first-order valence-electron chi connectivity index (χ1n) is 7.94. The number of rotatable bonds is 3. The van der Waals surface area contributed by atoms with Crippen molar-refractivity contribution in [2.75, 3.05) is 0 Å². The molecule has 0 fully saturated rings. The summed E-state index contributed by atoms with van der Waals surface area (Å²) in [6.07, 6.45) is 0. The molecule has 1 heterocycles. The van der Waals surface area contributed by atoms with Crippen molar-refractivity contribution in [3.63, 3.8) is 0 Å². The lowest BCUT2D eigenvalue weighted by Gasteiger charge is -2.06. The average Bonchev–Trinajstić information content (AvgIpc) is 2.63. The number of aromatic nitrogens is 1. The van der Waals surface area contributed by atoms with Crippen molar-refractivity contribution in [1.29, 1.82) is 0 Å². The van der Waals surface area contributed by atoms with Gasteiger partial charge in [0.1, 0.15) is 11.5 Å². The zero-order valence-electron chi connectivity index (χ0n) is 13.6. The molecule has 122 valence electrons. The predicted molar refractivity (Wildman–Crippen MR) is 97.0 cm³/mol. The van der Waals surface area contributed by atoms with E-state index in [9.17, 15) is 4.79 Å². The van der Waals surface area contributed by atoms with E-state index in [1.54, 1.807) is 6.07 Å². The molecule has 0 aliphatic heterocycles. The van der Waals surface area contributed by atoms with Gasteiger partial charge in [0.15, 0.2) is 0 Å². The molecule has 0 aliphatic carbocycles. The van der Waals surface area contributed by atoms with E-state index in [0.717, 1.165) is 16.9 Å². The molecule has 0 atom stereocenters. The molecule has 1 aromatic heterocycles. The van der Waals surface area contributed by atoms with Crippen LogP contribution >= 0.6 is 0 Å². The van der Waals surface area contributed by atoms with Gasteiger partial charge in [-0.05, 0) is 61.0 Å². The molecule has 0 spiro atoms. The monoisotopic (exact) mass is 329 g/mol. The number of aryl methyl sites for hydroxylation is 1. The summed E-state index contributed by atoms with van der Waals surface area (Å²) in [6, 6.07) is 22.3. The first-order valence-corrected chi connectivity index (χ1v) is 7.94. The van der Waals surface area contributed by atoms with Gasteiger partial charge in [-0.1, -0.05) is 24.3 Å². The number of fused-ring (bicyclic) bond motifs is 1. The van der Waals surface area contributed by atoms with E-state index in [-0.39, 0.29) is 5.63 Å². The predicted octanol–water partition coefficient (Wildman–Crippen LogP) is 4.96. The maximum absolute atomic E-state index is 12.2. The van der Waals surface area contributed by atoms with Crippen molar-refractivity contribution in [3.8, 4) is 23.0 Å². The third-order valence-corrected chi connectivity index (χ3v) is 3.86. The lowest BCUT2D eigenvalue weighted by atomic mass is 10.1. The number of para-hydroxylation sites is 1. The number of benzene rings is 3. The van der Waals surface area contributed by atoms with Crippen molar-refractivity contribution in [3.05, 3.63) is 88.8 Å². The van der Waals surface area contributed by atoms with Crippen LogP contribution in [0.2, 0.25) is 0 Å². The fraction of sp³-hybridized carbons (Fsp3) is 0.0476. The van der Waals surface area contributed by atoms with Crippen LogP contribution in [0.4, 0.5) is 0 Å². The molecular weight excluding hydrogens is 314 g/mol. The Morgan fingerprint density at radius 3 is 2.36 bits per heavy atom. The zero-order chi connectivity index (χ0) is 17.2. The summed E-state index contributed by atoms with van der Waals surface area (Å²) in [5, 5.41) is 0.485. The minimum absolute atomic E-state index is 0.300. The highest BCUT2D eigenvalue weighted by atomic mass is 16.5. The summed E-state index contributed by atoms with van der Waals surface area (Å²) < 4.78 is 11.1. The minimum Gasteiger partial charge on any atom is -0.457 e. The molecule has 25 heavy (non-hydrogen) atoms. The summed E-state index contributed by atoms with van der Waals surface area (Å²) >= 11 is 0. The third-order valence-electron chi connectivity index (χ3n) is 3.86. The zero-order valence-corrected chi connectivity index (χ0v) is 13.6. The lowest BCUT2D eigenvalue weighted by Crippen LogP contribution is -2.03. The van der Waals surface area contributed by atoms with Crippen molar-refractivity contribution in [2.45, 2.75) is 6.92 Å². The average molecular weight is 329 g/mol. The second kappa shape index (κ2) is 6.24. The van der Waals surface area contributed by atoms with E-state index >= 15 is 0 Å². The highest BCUT2D eigenvalue weighted by Gasteiger charge is 2.09. The Labute approximate surface area is 144 Å². The van der Waals surface area contributed by atoms with Gasteiger partial charge in [-0.15, -0.1) is 0 Å². The normalized spacial score (nSPS) is 10.8. The summed E-state index contributed by atoms with van der Waals surface area (Å²) in [5.41, 5.74) is 2.02. The van der Waals surface area contributed by atoms with Gasteiger partial charge in [-0.25, -0.2) is 9.78 Å². The van der Waals surface area contributed by atoms with Crippen LogP contribution in [0.25, 0.3) is 22.4 Å². The van der Waals surface area contributed by atoms with Gasteiger partial charge >= 0.3 is 5.63 Å². The Bertz CT molecular complexity index is 1080. The van der Waals surface area contributed by atoms with E-state index in [4.69, 9.17) is 9.15 Å². The van der Waals surface area contributed by atoms with E-state index in [1.807, 2.05) is 73.7 Å². The number of hydrogen-bond acceptors (Lipinski definition) is 4. The maximum atomic E-state index is 12.2. The molecule has 0 unspecified atom stereocenters. The first-order chi connectivity index (χ1) is 12.2. The molecule has 0 aliphatic rings. The molecular formula is C21H15NO3. The highest BCUT2D eigenvalue weighted by molar-refractivity contribution is 5.79. The summed E-state index contributed by atoms with van der Waals surface area (Å²) in [4.78, 5) is 16.6. The Morgan fingerprint density at radius 1 is 0.880 bits per heavy atom. The van der Waals surface area contributed by atoms with Crippen LogP contribution in [0.15, 0.2) is 82.0 Å². The van der Waals surface area contributed by atoms with Crippen molar-refractivity contribution < 1.29 is 9.15 Å². The standard InChI is InChI=1S/C21H15NO3/c1-14-7-12-18-19(13-14)22-20(25-21(18)23)15-8-10-17(11-9-15)24-16-5-3-2-4-6-16/h2-13H,1H3. The number of hydrogen-bond donors (Lipinski definition) is 0. The van der Waals surface area contributed by atoms with Gasteiger partial charge in [-0.2, -0.15) is 0 Å². The lowest BCUT2D eigenvalue weighted by molar-refractivity contribution is 0.482. The second-order valence-electron chi connectivity index (χ2n) is 5.77. The first kappa shape index (κ1) is 15.1. The van der Waals surface area contributed by atoms with Gasteiger partial charge in [0.2, 0.25) is 5.89 Å². The Balaban J connectivity index is 1.68. The minimum atomic E-state index is -0.385. The molecule has 0 amide bonds. The largest absolute Gasteiger partial charge is 0.457 e. The maximum Gasteiger partial charge on any atom is 0.347 e. The van der Waals surface area contributed by atoms with E-state index in [0.29, 0.717) is 22.5 Å². The number of nitrogens with zero attached hydrogens (tertiary/aromatic N) is 1. The van der Waals surface area contributed by atoms with Gasteiger partial charge in [0, 0.05) is 5.56 Å². The second-order valence-corrected chi connectivity index (χ2v) is 5.77. The fourth-order valence-corrected chi connectivity index (χ4v) is 2.60. The summed E-state index contributed by atoms with van der Waals surface area (Å²) in [6.45, 7) is 1.96. The molecule has 4 heteroatoms. The Kier molecular flexibility index (Phi) is 3.78. The number of ether oxygens (including phenoxy) is 1. The summed E-state index contributed by atoms with van der Waals surface area (Å²) in [5.74, 6) is 1.77. The van der Waals surface area contributed by atoms with Crippen LogP contribution < -0.4 is 10.4 Å². The van der Waals surface area contributed by atoms with Crippen LogP contribution in [0.3, 0.4) is 0 Å². The molecule has 4 aromatic rings. The van der Waals surface area contributed by atoms with E-state index < -0.39 is 0 Å². The van der Waals surface area contributed by atoms with Crippen LogP contribution in [0, 0.1) is 6.92 Å². The van der Waals surface area contributed by atoms with Crippen LogP contribution in [0.1, 0.15) is 5.56 Å². The molecule has 0 bridgehead atoms. The van der Waals surface area contributed by atoms with Crippen molar-refractivity contribution in [2.24, 2.45) is 0 Å².